The molecule has 0 aliphatic carbocycles. The highest BCUT2D eigenvalue weighted by Gasteiger charge is 2.23. The zero-order valence-corrected chi connectivity index (χ0v) is 21.8. The zero-order chi connectivity index (χ0) is 24.5. The average Bonchev–Trinajstić information content (AvgIpc) is 3.25. The van der Waals surface area contributed by atoms with Crippen LogP contribution in [0.15, 0.2) is 64.9 Å². The van der Waals surface area contributed by atoms with Crippen LogP contribution < -0.4 is 14.2 Å². The monoisotopic (exact) mass is 574 g/mol. The van der Waals surface area contributed by atoms with Gasteiger partial charge in [-0.1, -0.05) is 46.4 Å². The number of thiazole rings is 1. The van der Waals surface area contributed by atoms with E-state index in [0.29, 0.717) is 27.8 Å². The molecule has 0 spiro atoms. The lowest BCUT2D eigenvalue weighted by atomic mass is 10.1. The van der Waals surface area contributed by atoms with E-state index < -0.39 is 10.0 Å². The minimum Gasteiger partial charge on any atom is -0.497 e. The van der Waals surface area contributed by atoms with Crippen molar-refractivity contribution >= 4 is 72.9 Å². The molecular weight excluding hydrogens is 562 g/mol. The molecule has 0 bridgehead atoms. The van der Waals surface area contributed by atoms with Gasteiger partial charge in [0.25, 0.3) is 10.0 Å². The van der Waals surface area contributed by atoms with Crippen molar-refractivity contribution < 1.29 is 17.9 Å². The van der Waals surface area contributed by atoms with Crippen LogP contribution in [0.25, 0.3) is 11.3 Å². The number of aromatic nitrogens is 1. The highest BCUT2D eigenvalue weighted by molar-refractivity contribution is 7.93. The average molecular weight is 576 g/mol. The Bertz CT molecular complexity index is 1460. The quantitative estimate of drug-likeness (QED) is 0.226. The van der Waals surface area contributed by atoms with E-state index in [4.69, 9.17) is 55.9 Å². The first-order valence-electron chi connectivity index (χ1n) is 9.41. The summed E-state index contributed by atoms with van der Waals surface area (Å²) in [7, 11) is -2.46. The number of halogens is 4. The van der Waals surface area contributed by atoms with Gasteiger partial charge in [0.2, 0.25) is 0 Å². The molecule has 0 atom stereocenters. The van der Waals surface area contributed by atoms with Crippen molar-refractivity contribution in [3.63, 3.8) is 0 Å². The van der Waals surface area contributed by atoms with Gasteiger partial charge in [-0.25, -0.2) is 13.4 Å². The first-order valence-corrected chi connectivity index (χ1v) is 13.3. The maximum Gasteiger partial charge on any atom is 0.265 e. The van der Waals surface area contributed by atoms with Crippen molar-refractivity contribution in [2.75, 3.05) is 11.8 Å². The number of nitrogens with zero attached hydrogens (tertiary/aromatic N) is 1. The smallest absolute Gasteiger partial charge is 0.265 e. The van der Waals surface area contributed by atoms with Crippen LogP contribution in [-0.4, -0.2) is 20.5 Å². The first kappa shape index (κ1) is 24.9. The number of nitrogens with one attached hydrogen (secondary N) is 1. The number of ether oxygens (including phenoxy) is 2. The van der Waals surface area contributed by atoms with Gasteiger partial charge in [0.1, 0.15) is 22.1 Å². The van der Waals surface area contributed by atoms with Crippen molar-refractivity contribution in [1.29, 1.82) is 0 Å². The van der Waals surface area contributed by atoms with Crippen LogP contribution in [0.4, 0.5) is 5.13 Å². The number of anilines is 1. The SMILES string of the molecule is COc1ccc(Oc2ccc(-c3csc(NS(=O)(=O)c4ccc(Cl)c(Cl)c4Cl)n3)c(Cl)c2)cc1. The lowest BCUT2D eigenvalue weighted by molar-refractivity contribution is 0.413. The number of hydrogen-bond donors (Lipinski definition) is 1. The van der Waals surface area contributed by atoms with Gasteiger partial charge in [0.05, 0.1) is 32.9 Å². The molecule has 1 N–H and O–H groups in total. The Balaban J connectivity index is 1.53. The molecular formula is C22H14Cl4N2O4S2. The Morgan fingerprint density at radius 2 is 1.53 bits per heavy atom. The van der Waals surface area contributed by atoms with Crippen LogP contribution in [0.2, 0.25) is 20.1 Å². The summed E-state index contributed by atoms with van der Waals surface area (Å²) in [6.45, 7) is 0. The molecule has 0 amide bonds. The Hall–Kier alpha value is -2.20. The fraction of sp³-hybridized carbons (Fsp3) is 0.0455. The molecule has 0 fully saturated rings. The van der Waals surface area contributed by atoms with Gasteiger partial charge >= 0.3 is 0 Å². The van der Waals surface area contributed by atoms with Gasteiger partial charge in [-0.15, -0.1) is 11.3 Å². The maximum absolute atomic E-state index is 12.8. The van der Waals surface area contributed by atoms with Crippen molar-refractivity contribution in [2.45, 2.75) is 4.90 Å². The number of rotatable bonds is 7. The molecule has 3 aromatic carbocycles. The molecule has 6 nitrogen and oxygen atoms in total. The van der Waals surface area contributed by atoms with E-state index in [1.165, 1.54) is 12.1 Å². The lowest BCUT2D eigenvalue weighted by Crippen LogP contribution is -2.13. The summed E-state index contributed by atoms with van der Waals surface area (Å²) in [6.07, 6.45) is 0. The van der Waals surface area contributed by atoms with Gasteiger partial charge in [0.15, 0.2) is 5.13 Å². The van der Waals surface area contributed by atoms with Gasteiger partial charge in [-0.05, 0) is 48.5 Å². The number of methoxy groups -OCH3 is 1. The van der Waals surface area contributed by atoms with Crippen LogP contribution in [0, 0.1) is 0 Å². The third kappa shape index (κ3) is 5.38. The standard InChI is InChI=1S/C22H14Cl4N2O4S2/c1-31-12-2-4-13(5-3-12)32-14-6-7-15(17(24)10-14)18-11-33-22(27-18)28-34(29,30)19-9-8-16(23)20(25)21(19)26/h2-11H,1H3,(H,27,28). The van der Waals surface area contributed by atoms with E-state index >= 15 is 0 Å². The predicted molar refractivity (Wildman–Crippen MR) is 138 cm³/mol. The highest BCUT2D eigenvalue weighted by atomic mass is 35.5. The molecule has 4 rings (SSSR count). The largest absolute Gasteiger partial charge is 0.497 e. The van der Waals surface area contributed by atoms with E-state index in [0.717, 1.165) is 17.1 Å². The second kappa shape index (κ2) is 10.2. The van der Waals surface area contributed by atoms with Gasteiger partial charge in [0, 0.05) is 17.0 Å². The van der Waals surface area contributed by atoms with E-state index in [9.17, 15) is 8.42 Å². The number of sulfonamides is 1. The normalized spacial score (nSPS) is 11.3. The van der Waals surface area contributed by atoms with E-state index in [-0.39, 0.29) is 25.1 Å². The summed E-state index contributed by atoms with van der Waals surface area (Å²) in [6, 6.07) is 14.9. The fourth-order valence-electron chi connectivity index (χ4n) is 2.88. The van der Waals surface area contributed by atoms with Crippen LogP contribution >= 0.6 is 57.7 Å². The second-order valence-electron chi connectivity index (χ2n) is 6.74. The molecule has 4 aromatic rings. The van der Waals surface area contributed by atoms with Crippen LogP contribution in [0.1, 0.15) is 0 Å². The van der Waals surface area contributed by atoms with Gasteiger partial charge < -0.3 is 9.47 Å². The third-order valence-electron chi connectivity index (χ3n) is 4.53. The van der Waals surface area contributed by atoms with Gasteiger partial charge in [-0.3, -0.25) is 4.72 Å². The molecule has 176 valence electrons. The van der Waals surface area contributed by atoms with Crippen molar-refractivity contribution in [3.05, 3.63) is 80.1 Å². The molecule has 34 heavy (non-hydrogen) atoms. The van der Waals surface area contributed by atoms with E-state index in [1.54, 1.807) is 55.0 Å². The lowest BCUT2D eigenvalue weighted by Gasteiger charge is -2.09. The Labute approximate surface area is 220 Å². The predicted octanol–water partition coefficient (Wildman–Crippen LogP) is 8.03. The molecule has 1 heterocycles. The summed E-state index contributed by atoms with van der Waals surface area (Å²) in [5.74, 6) is 1.87. The van der Waals surface area contributed by atoms with E-state index in [2.05, 4.69) is 9.71 Å². The topological polar surface area (TPSA) is 77.5 Å². The Kier molecular flexibility index (Phi) is 7.47. The van der Waals surface area contributed by atoms with Crippen LogP contribution in [0.3, 0.4) is 0 Å². The fourth-order valence-corrected chi connectivity index (χ4v) is 6.09. The minimum atomic E-state index is -4.05. The molecule has 0 unspecified atom stereocenters. The maximum atomic E-state index is 12.8. The van der Waals surface area contributed by atoms with Crippen molar-refractivity contribution in [1.82, 2.24) is 4.98 Å². The van der Waals surface area contributed by atoms with Crippen LogP contribution in [-0.2, 0) is 10.0 Å². The van der Waals surface area contributed by atoms with E-state index in [1.807, 2.05) is 0 Å². The molecule has 0 radical (unpaired) electrons. The Morgan fingerprint density at radius 3 is 2.21 bits per heavy atom. The molecule has 0 aliphatic heterocycles. The second-order valence-corrected chi connectivity index (χ2v) is 10.8. The molecule has 12 heteroatoms. The summed E-state index contributed by atoms with van der Waals surface area (Å²) in [5, 5.41) is 2.13. The highest BCUT2D eigenvalue weighted by Crippen LogP contribution is 2.37. The summed E-state index contributed by atoms with van der Waals surface area (Å²) in [4.78, 5) is 4.13. The first-order chi connectivity index (χ1) is 16.2. The molecule has 1 aromatic heterocycles. The van der Waals surface area contributed by atoms with Crippen molar-refractivity contribution in [3.8, 4) is 28.5 Å². The molecule has 0 saturated heterocycles. The van der Waals surface area contributed by atoms with Crippen LogP contribution in [0.5, 0.6) is 17.2 Å². The minimum absolute atomic E-state index is 0.0465. The summed E-state index contributed by atoms with van der Waals surface area (Å²) in [5.41, 5.74) is 1.10. The Morgan fingerprint density at radius 1 is 0.853 bits per heavy atom. The van der Waals surface area contributed by atoms with Gasteiger partial charge in [-0.2, -0.15) is 0 Å². The third-order valence-corrected chi connectivity index (χ3v) is 8.51. The summed E-state index contributed by atoms with van der Waals surface area (Å²) < 4.78 is 38.9. The summed E-state index contributed by atoms with van der Waals surface area (Å²) >= 11 is 25.5. The number of hydrogen-bond acceptors (Lipinski definition) is 6. The molecule has 0 aliphatic rings. The zero-order valence-electron chi connectivity index (χ0n) is 17.2. The number of benzene rings is 3. The van der Waals surface area contributed by atoms with Crippen molar-refractivity contribution in [2.24, 2.45) is 0 Å². The molecule has 0 saturated carbocycles.